The van der Waals surface area contributed by atoms with Gasteiger partial charge in [0.15, 0.2) is 11.6 Å². The van der Waals surface area contributed by atoms with E-state index in [1.807, 2.05) is 51.1 Å². The number of ether oxygens (including phenoxy) is 2. The molecule has 0 aliphatic rings. The van der Waals surface area contributed by atoms with Crippen molar-refractivity contribution in [1.82, 2.24) is 14.8 Å². The van der Waals surface area contributed by atoms with Gasteiger partial charge in [0.1, 0.15) is 22.9 Å². The van der Waals surface area contributed by atoms with Crippen molar-refractivity contribution in [2.45, 2.75) is 20.8 Å². The fraction of sp³-hybridized carbons (Fsp3) is 0.300. The number of methoxy groups -OCH3 is 1. The van der Waals surface area contributed by atoms with E-state index in [-0.39, 0.29) is 23.9 Å². The summed E-state index contributed by atoms with van der Waals surface area (Å²) < 4.78 is 12.0. The Kier molecular flexibility index (Phi) is 5.45. The van der Waals surface area contributed by atoms with Gasteiger partial charge in [0.05, 0.1) is 19.9 Å². The molecule has 0 unspecified atom stereocenters. The van der Waals surface area contributed by atoms with Crippen LogP contribution in [-0.4, -0.2) is 34.6 Å². The summed E-state index contributed by atoms with van der Waals surface area (Å²) in [4.78, 5) is 16.8. The minimum absolute atomic E-state index is 0.198. The highest BCUT2D eigenvalue weighted by Crippen LogP contribution is 2.29. The lowest BCUT2D eigenvalue weighted by atomic mass is 10.1. The molecule has 8 nitrogen and oxygen atoms in total. The molecule has 0 bridgehead atoms. The standard InChI is InChI=1S/C20H21N5O3/c1-12(2)11-28-20(26)24-19-14(9-21)10-22-25(19)17-8-13(3)15-6-5-7-16(27-4)18(15)23-17/h5-8,10,12H,11H2,1-4H3,(H,24,26). The van der Waals surface area contributed by atoms with Crippen molar-refractivity contribution in [1.29, 1.82) is 5.26 Å². The number of fused-ring (bicyclic) bond motifs is 1. The number of benzene rings is 1. The van der Waals surface area contributed by atoms with Crippen LogP contribution in [0.25, 0.3) is 16.7 Å². The van der Waals surface area contributed by atoms with Gasteiger partial charge in [-0.15, -0.1) is 0 Å². The molecule has 3 rings (SSSR count). The number of carbonyl (C=O) groups excluding carboxylic acids is 1. The average Bonchev–Trinajstić information content (AvgIpc) is 3.08. The van der Waals surface area contributed by atoms with Crippen molar-refractivity contribution in [3.63, 3.8) is 0 Å². The van der Waals surface area contributed by atoms with Gasteiger partial charge >= 0.3 is 6.09 Å². The Hall–Kier alpha value is -3.60. The summed E-state index contributed by atoms with van der Waals surface area (Å²) in [6, 6.07) is 9.53. The topological polar surface area (TPSA) is 102 Å². The fourth-order valence-electron chi connectivity index (χ4n) is 2.75. The second-order valence-corrected chi connectivity index (χ2v) is 6.70. The van der Waals surface area contributed by atoms with E-state index in [1.165, 1.54) is 10.9 Å². The fourth-order valence-corrected chi connectivity index (χ4v) is 2.75. The van der Waals surface area contributed by atoms with Crippen molar-refractivity contribution in [2.75, 3.05) is 19.0 Å². The molecule has 1 amide bonds. The van der Waals surface area contributed by atoms with Crippen molar-refractivity contribution >= 4 is 22.8 Å². The van der Waals surface area contributed by atoms with Crippen LogP contribution in [0.15, 0.2) is 30.5 Å². The number of para-hydroxylation sites is 1. The smallest absolute Gasteiger partial charge is 0.412 e. The lowest BCUT2D eigenvalue weighted by molar-refractivity contribution is 0.147. The monoisotopic (exact) mass is 379 g/mol. The summed E-state index contributed by atoms with van der Waals surface area (Å²) in [6.07, 6.45) is 0.726. The molecule has 0 saturated carbocycles. The first-order chi connectivity index (χ1) is 13.4. The van der Waals surface area contributed by atoms with Crippen molar-refractivity contribution in [3.8, 4) is 17.6 Å². The molecule has 2 aromatic heterocycles. The average molecular weight is 379 g/mol. The molecule has 0 aliphatic heterocycles. The van der Waals surface area contributed by atoms with Crippen LogP contribution in [0.2, 0.25) is 0 Å². The molecule has 2 heterocycles. The van der Waals surface area contributed by atoms with E-state index < -0.39 is 6.09 Å². The van der Waals surface area contributed by atoms with Gasteiger partial charge in [-0.25, -0.2) is 9.78 Å². The number of hydrogen-bond acceptors (Lipinski definition) is 6. The number of carbonyl (C=O) groups is 1. The first-order valence-corrected chi connectivity index (χ1v) is 8.81. The van der Waals surface area contributed by atoms with Crippen molar-refractivity contribution in [2.24, 2.45) is 5.92 Å². The lowest BCUT2D eigenvalue weighted by Crippen LogP contribution is -2.19. The Balaban J connectivity index is 2.06. The minimum Gasteiger partial charge on any atom is -0.494 e. The van der Waals surface area contributed by atoms with Gasteiger partial charge < -0.3 is 9.47 Å². The van der Waals surface area contributed by atoms with Gasteiger partial charge in [0.25, 0.3) is 0 Å². The van der Waals surface area contributed by atoms with Crippen LogP contribution < -0.4 is 10.1 Å². The predicted molar refractivity (Wildman–Crippen MR) is 105 cm³/mol. The maximum Gasteiger partial charge on any atom is 0.412 e. The van der Waals surface area contributed by atoms with Crippen LogP contribution in [-0.2, 0) is 4.74 Å². The van der Waals surface area contributed by atoms with E-state index in [9.17, 15) is 10.1 Å². The van der Waals surface area contributed by atoms with Gasteiger partial charge in [-0.3, -0.25) is 5.32 Å². The molecule has 0 saturated heterocycles. The number of pyridine rings is 1. The van der Waals surface area contributed by atoms with E-state index >= 15 is 0 Å². The van der Waals surface area contributed by atoms with E-state index in [0.717, 1.165) is 10.9 Å². The van der Waals surface area contributed by atoms with Gasteiger partial charge in [0.2, 0.25) is 0 Å². The van der Waals surface area contributed by atoms with E-state index in [2.05, 4.69) is 15.4 Å². The molecule has 8 heteroatoms. The summed E-state index contributed by atoms with van der Waals surface area (Å²) in [5.41, 5.74) is 1.84. The molecule has 3 aromatic rings. The van der Waals surface area contributed by atoms with E-state index in [4.69, 9.17) is 9.47 Å². The molecule has 0 radical (unpaired) electrons. The summed E-state index contributed by atoms with van der Waals surface area (Å²) in [5, 5.41) is 17.2. The van der Waals surface area contributed by atoms with Crippen LogP contribution in [0.5, 0.6) is 5.75 Å². The second kappa shape index (κ2) is 7.96. The first-order valence-electron chi connectivity index (χ1n) is 8.81. The molecule has 0 aliphatic carbocycles. The number of anilines is 1. The zero-order valence-electron chi connectivity index (χ0n) is 16.2. The molecule has 1 N–H and O–H groups in total. The number of nitrogens with one attached hydrogen (secondary N) is 1. The number of amides is 1. The van der Waals surface area contributed by atoms with Gasteiger partial charge in [-0.2, -0.15) is 15.0 Å². The second-order valence-electron chi connectivity index (χ2n) is 6.70. The highest BCUT2D eigenvalue weighted by atomic mass is 16.5. The molecule has 144 valence electrons. The Bertz CT molecular complexity index is 1070. The van der Waals surface area contributed by atoms with Crippen LogP contribution in [0.1, 0.15) is 25.0 Å². The van der Waals surface area contributed by atoms with Crippen LogP contribution >= 0.6 is 0 Å². The largest absolute Gasteiger partial charge is 0.494 e. The SMILES string of the molecule is COc1cccc2c(C)cc(-n3ncc(C#N)c3NC(=O)OCC(C)C)nc12. The molecule has 0 atom stereocenters. The Morgan fingerprint density at radius 3 is 2.86 bits per heavy atom. The molecular weight excluding hydrogens is 358 g/mol. The van der Waals surface area contributed by atoms with Crippen LogP contribution in [0.4, 0.5) is 10.6 Å². The van der Waals surface area contributed by atoms with Crippen molar-refractivity contribution in [3.05, 3.63) is 41.6 Å². The molecule has 0 fully saturated rings. The zero-order chi connectivity index (χ0) is 20.3. The summed E-state index contributed by atoms with van der Waals surface area (Å²) in [7, 11) is 1.58. The third-order valence-electron chi connectivity index (χ3n) is 4.09. The van der Waals surface area contributed by atoms with E-state index in [0.29, 0.717) is 17.1 Å². The van der Waals surface area contributed by atoms with Crippen LogP contribution in [0.3, 0.4) is 0 Å². The summed E-state index contributed by atoms with van der Waals surface area (Å²) in [5.74, 6) is 1.48. The van der Waals surface area contributed by atoms with Crippen molar-refractivity contribution < 1.29 is 14.3 Å². The van der Waals surface area contributed by atoms with Gasteiger partial charge in [-0.05, 0) is 30.5 Å². The maximum absolute atomic E-state index is 12.1. The first kappa shape index (κ1) is 19.2. The quantitative estimate of drug-likeness (QED) is 0.723. The Morgan fingerprint density at radius 2 is 2.18 bits per heavy atom. The molecule has 28 heavy (non-hydrogen) atoms. The molecule has 0 spiro atoms. The minimum atomic E-state index is -0.651. The number of aryl methyl sites for hydroxylation is 1. The molecule has 1 aromatic carbocycles. The molecular formula is C20H21N5O3. The summed E-state index contributed by atoms with van der Waals surface area (Å²) in [6.45, 7) is 6.10. The maximum atomic E-state index is 12.1. The number of aromatic nitrogens is 3. The third-order valence-corrected chi connectivity index (χ3v) is 4.09. The Labute approximate surface area is 162 Å². The number of nitrogens with zero attached hydrogens (tertiary/aromatic N) is 4. The normalized spacial score (nSPS) is 10.7. The van der Waals surface area contributed by atoms with Gasteiger partial charge in [-0.1, -0.05) is 26.0 Å². The third kappa shape index (κ3) is 3.74. The highest BCUT2D eigenvalue weighted by Gasteiger charge is 2.18. The zero-order valence-corrected chi connectivity index (χ0v) is 16.2. The highest BCUT2D eigenvalue weighted by molar-refractivity contribution is 5.89. The summed E-state index contributed by atoms with van der Waals surface area (Å²) >= 11 is 0. The van der Waals surface area contributed by atoms with Gasteiger partial charge in [0, 0.05) is 5.39 Å². The number of rotatable bonds is 5. The Morgan fingerprint density at radius 1 is 1.39 bits per heavy atom. The van der Waals surface area contributed by atoms with Crippen LogP contribution in [0, 0.1) is 24.2 Å². The number of nitriles is 1. The predicted octanol–water partition coefficient (Wildman–Crippen LogP) is 3.81. The number of hydrogen-bond donors (Lipinski definition) is 1. The lowest BCUT2D eigenvalue weighted by Gasteiger charge is -2.13. The van der Waals surface area contributed by atoms with E-state index in [1.54, 1.807) is 7.11 Å².